The van der Waals surface area contributed by atoms with Crippen molar-refractivity contribution in [2.24, 2.45) is 0 Å². The third-order valence-corrected chi connectivity index (χ3v) is 4.26. The van der Waals surface area contributed by atoms with Gasteiger partial charge in [0.15, 0.2) is 29.0 Å². The summed E-state index contributed by atoms with van der Waals surface area (Å²) in [5, 5.41) is 2.16. The number of ether oxygens (including phenoxy) is 2. The standard InChI is InChI=1S/C21H19F3N2O4/c1-2-9-26(11-18(27)25-15-6-5-14(22)20(23)21(15)24)19(28)8-4-13-3-7-16-17(10-13)30-12-29-16/h3-8,10H,2,9,11-12H2,1H3,(H,25,27). The highest BCUT2D eigenvalue weighted by Gasteiger charge is 2.19. The lowest BCUT2D eigenvalue weighted by molar-refractivity contribution is -0.130. The molecule has 2 aromatic rings. The van der Waals surface area contributed by atoms with Crippen molar-refractivity contribution in [1.82, 2.24) is 4.90 Å². The number of nitrogens with zero attached hydrogens (tertiary/aromatic N) is 1. The molecular formula is C21H19F3N2O4. The van der Waals surface area contributed by atoms with Gasteiger partial charge in [-0.05, 0) is 42.3 Å². The fraction of sp³-hybridized carbons (Fsp3) is 0.238. The normalized spacial score (nSPS) is 12.3. The summed E-state index contributed by atoms with van der Waals surface area (Å²) < 4.78 is 50.6. The molecule has 0 fully saturated rings. The predicted molar refractivity (Wildman–Crippen MR) is 103 cm³/mol. The van der Waals surface area contributed by atoms with Crippen LogP contribution in [0.25, 0.3) is 6.08 Å². The predicted octanol–water partition coefficient (Wildman–Crippen LogP) is 3.72. The molecule has 0 saturated heterocycles. The van der Waals surface area contributed by atoms with Crippen molar-refractivity contribution in [3.63, 3.8) is 0 Å². The van der Waals surface area contributed by atoms with E-state index < -0.39 is 35.0 Å². The topological polar surface area (TPSA) is 67.9 Å². The van der Waals surface area contributed by atoms with Gasteiger partial charge in [-0.25, -0.2) is 13.2 Å². The van der Waals surface area contributed by atoms with Crippen molar-refractivity contribution >= 4 is 23.6 Å². The lowest BCUT2D eigenvalue weighted by Crippen LogP contribution is -2.37. The highest BCUT2D eigenvalue weighted by atomic mass is 19.2. The third kappa shape index (κ3) is 4.91. The van der Waals surface area contributed by atoms with Crippen LogP contribution in [0.5, 0.6) is 11.5 Å². The molecule has 0 aromatic heterocycles. The van der Waals surface area contributed by atoms with Gasteiger partial charge in [0.05, 0.1) is 5.69 Å². The molecule has 0 spiro atoms. The maximum atomic E-state index is 13.7. The van der Waals surface area contributed by atoms with Gasteiger partial charge in [-0.1, -0.05) is 13.0 Å². The summed E-state index contributed by atoms with van der Waals surface area (Å²) in [7, 11) is 0. The Balaban J connectivity index is 1.65. The number of nitrogens with one attached hydrogen (secondary N) is 1. The number of halogens is 3. The van der Waals surface area contributed by atoms with Gasteiger partial charge in [0, 0.05) is 12.6 Å². The monoisotopic (exact) mass is 420 g/mol. The third-order valence-electron chi connectivity index (χ3n) is 4.26. The smallest absolute Gasteiger partial charge is 0.247 e. The molecule has 2 amide bonds. The van der Waals surface area contributed by atoms with Crippen LogP contribution in [-0.4, -0.2) is 36.6 Å². The lowest BCUT2D eigenvalue weighted by Gasteiger charge is -2.20. The highest BCUT2D eigenvalue weighted by molar-refractivity contribution is 5.98. The average molecular weight is 420 g/mol. The Labute approximate surface area is 170 Å². The molecule has 0 unspecified atom stereocenters. The second-order valence-electron chi connectivity index (χ2n) is 6.48. The molecule has 158 valence electrons. The SMILES string of the molecule is CCCN(CC(=O)Nc1ccc(F)c(F)c1F)C(=O)C=Cc1ccc2c(c1)OCO2. The largest absolute Gasteiger partial charge is 0.454 e. The van der Waals surface area contributed by atoms with Gasteiger partial charge < -0.3 is 19.7 Å². The molecule has 0 radical (unpaired) electrons. The quantitative estimate of drug-likeness (QED) is 0.548. The zero-order chi connectivity index (χ0) is 21.7. The van der Waals surface area contributed by atoms with Crippen LogP contribution in [0.2, 0.25) is 0 Å². The molecule has 1 aliphatic rings. The van der Waals surface area contributed by atoms with Gasteiger partial charge in [0.1, 0.15) is 6.54 Å². The van der Waals surface area contributed by atoms with E-state index in [9.17, 15) is 22.8 Å². The van der Waals surface area contributed by atoms with E-state index in [0.29, 0.717) is 29.5 Å². The zero-order valence-corrected chi connectivity index (χ0v) is 16.1. The number of rotatable bonds is 7. The van der Waals surface area contributed by atoms with Crippen molar-refractivity contribution in [3.8, 4) is 11.5 Å². The van der Waals surface area contributed by atoms with E-state index in [0.717, 1.165) is 6.07 Å². The Morgan fingerprint density at radius 1 is 1.10 bits per heavy atom. The molecule has 6 nitrogen and oxygen atoms in total. The van der Waals surface area contributed by atoms with Crippen LogP contribution in [0, 0.1) is 17.5 Å². The molecule has 0 saturated carbocycles. The van der Waals surface area contributed by atoms with Crippen molar-refractivity contribution in [3.05, 3.63) is 59.4 Å². The van der Waals surface area contributed by atoms with Gasteiger partial charge in [-0.15, -0.1) is 0 Å². The van der Waals surface area contributed by atoms with Gasteiger partial charge >= 0.3 is 0 Å². The Bertz CT molecular complexity index is 994. The Hall–Kier alpha value is -3.49. The minimum atomic E-state index is -1.68. The molecule has 1 aliphatic heterocycles. The summed E-state index contributed by atoms with van der Waals surface area (Å²) in [6.07, 6.45) is 3.45. The van der Waals surface area contributed by atoms with Gasteiger partial charge in [-0.3, -0.25) is 9.59 Å². The fourth-order valence-electron chi connectivity index (χ4n) is 2.81. The van der Waals surface area contributed by atoms with Crippen molar-refractivity contribution in [1.29, 1.82) is 0 Å². The molecule has 0 atom stereocenters. The average Bonchev–Trinajstić information content (AvgIpc) is 3.20. The molecular weight excluding hydrogens is 401 g/mol. The van der Waals surface area contributed by atoms with E-state index >= 15 is 0 Å². The first-order valence-electron chi connectivity index (χ1n) is 9.19. The summed E-state index contributed by atoms with van der Waals surface area (Å²) in [5.41, 5.74) is 0.205. The number of hydrogen-bond acceptors (Lipinski definition) is 4. The van der Waals surface area contributed by atoms with Crippen LogP contribution < -0.4 is 14.8 Å². The minimum Gasteiger partial charge on any atom is -0.454 e. The fourth-order valence-corrected chi connectivity index (χ4v) is 2.81. The first kappa shape index (κ1) is 21.2. The number of anilines is 1. The Morgan fingerprint density at radius 2 is 1.87 bits per heavy atom. The summed E-state index contributed by atoms with van der Waals surface area (Å²) in [4.78, 5) is 26.0. The number of hydrogen-bond donors (Lipinski definition) is 1. The minimum absolute atomic E-state index is 0.138. The maximum absolute atomic E-state index is 13.7. The van der Waals surface area contributed by atoms with E-state index in [1.165, 1.54) is 11.0 Å². The number of fused-ring (bicyclic) bond motifs is 1. The molecule has 3 rings (SSSR count). The van der Waals surface area contributed by atoms with Crippen LogP contribution in [0.3, 0.4) is 0 Å². The zero-order valence-electron chi connectivity index (χ0n) is 16.1. The van der Waals surface area contributed by atoms with Crippen LogP contribution >= 0.6 is 0 Å². The highest BCUT2D eigenvalue weighted by Crippen LogP contribution is 2.32. The molecule has 1 heterocycles. The van der Waals surface area contributed by atoms with Crippen molar-refractivity contribution in [2.45, 2.75) is 13.3 Å². The number of carbonyl (C=O) groups is 2. The van der Waals surface area contributed by atoms with Gasteiger partial charge in [-0.2, -0.15) is 0 Å². The molecule has 30 heavy (non-hydrogen) atoms. The maximum Gasteiger partial charge on any atom is 0.247 e. The first-order valence-corrected chi connectivity index (χ1v) is 9.19. The van der Waals surface area contributed by atoms with E-state index in [-0.39, 0.29) is 19.9 Å². The molecule has 9 heteroatoms. The molecule has 0 bridgehead atoms. The van der Waals surface area contributed by atoms with E-state index in [4.69, 9.17) is 9.47 Å². The summed E-state index contributed by atoms with van der Waals surface area (Å²) in [5.74, 6) is -4.52. The second-order valence-corrected chi connectivity index (χ2v) is 6.48. The van der Waals surface area contributed by atoms with E-state index in [2.05, 4.69) is 5.32 Å². The molecule has 2 aromatic carbocycles. The Morgan fingerprint density at radius 3 is 2.63 bits per heavy atom. The van der Waals surface area contributed by atoms with E-state index in [1.54, 1.807) is 24.3 Å². The van der Waals surface area contributed by atoms with Crippen LogP contribution in [0.1, 0.15) is 18.9 Å². The van der Waals surface area contributed by atoms with E-state index in [1.807, 2.05) is 6.92 Å². The number of amides is 2. The number of benzene rings is 2. The molecule has 1 N–H and O–H groups in total. The first-order chi connectivity index (χ1) is 14.4. The molecule has 0 aliphatic carbocycles. The van der Waals surface area contributed by atoms with Gasteiger partial charge in [0.25, 0.3) is 0 Å². The summed E-state index contributed by atoms with van der Waals surface area (Å²) >= 11 is 0. The van der Waals surface area contributed by atoms with Crippen LogP contribution in [0.15, 0.2) is 36.4 Å². The van der Waals surface area contributed by atoms with Crippen molar-refractivity contribution < 1.29 is 32.2 Å². The summed E-state index contributed by atoms with van der Waals surface area (Å²) in [6, 6.07) is 6.81. The lowest BCUT2D eigenvalue weighted by atomic mass is 10.2. The number of carbonyl (C=O) groups excluding carboxylic acids is 2. The van der Waals surface area contributed by atoms with Crippen LogP contribution in [-0.2, 0) is 9.59 Å². The van der Waals surface area contributed by atoms with Crippen LogP contribution in [0.4, 0.5) is 18.9 Å². The Kier molecular flexibility index (Phi) is 6.61. The van der Waals surface area contributed by atoms with Crippen molar-refractivity contribution in [2.75, 3.05) is 25.2 Å². The summed E-state index contributed by atoms with van der Waals surface area (Å²) in [6.45, 7) is 1.86. The van der Waals surface area contributed by atoms with Gasteiger partial charge in [0.2, 0.25) is 18.6 Å². The second kappa shape index (κ2) is 9.34.